The molecule has 2 aliphatic rings. The number of ether oxygens (including phenoxy) is 1. The maximum absolute atomic E-state index is 5.29. The Morgan fingerprint density at radius 1 is 1.45 bits per heavy atom. The Morgan fingerprint density at radius 2 is 2.18 bits per heavy atom. The molecule has 2 atom stereocenters. The van der Waals surface area contributed by atoms with E-state index in [0.717, 1.165) is 18.6 Å². The van der Waals surface area contributed by atoms with E-state index in [-0.39, 0.29) is 0 Å². The first-order valence-corrected chi connectivity index (χ1v) is 4.63. The second-order valence-electron chi connectivity index (χ2n) is 4.01. The molecule has 2 rings (SSSR count). The molecular weight excluding hydrogens is 138 g/mol. The van der Waals surface area contributed by atoms with Gasteiger partial charge in [-0.15, -0.1) is 0 Å². The van der Waals surface area contributed by atoms with Crippen molar-refractivity contribution in [1.29, 1.82) is 0 Å². The summed E-state index contributed by atoms with van der Waals surface area (Å²) in [6, 6.07) is 0.721. The van der Waals surface area contributed by atoms with Gasteiger partial charge in [-0.05, 0) is 26.8 Å². The van der Waals surface area contributed by atoms with Crippen LogP contribution in [0.5, 0.6) is 0 Å². The summed E-state index contributed by atoms with van der Waals surface area (Å²) in [5.41, 5.74) is 0. The lowest BCUT2D eigenvalue weighted by molar-refractivity contribution is 0.251. The Labute approximate surface area is 68.5 Å². The van der Waals surface area contributed by atoms with Crippen LogP contribution in [0.1, 0.15) is 20.3 Å². The number of hydrogen-bond acceptors (Lipinski definition) is 2. The molecule has 0 amide bonds. The fraction of sp³-hybridized carbons (Fsp3) is 1.00. The monoisotopic (exact) mass is 155 g/mol. The van der Waals surface area contributed by atoms with Gasteiger partial charge in [0.05, 0.1) is 12.7 Å². The number of likely N-dealkylation sites (tertiary alicyclic amines) is 1. The van der Waals surface area contributed by atoms with Crippen molar-refractivity contribution in [2.45, 2.75) is 32.4 Å². The summed E-state index contributed by atoms with van der Waals surface area (Å²) in [6.45, 7) is 8.12. The molecule has 2 saturated heterocycles. The Kier molecular flexibility index (Phi) is 1.90. The van der Waals surface area contributed by atoms with E-state index in [4.69, 9.17) is 4.74 Å². The van der Waals surface area contributed by atoms with Gasteiger partial charge in [0.25, 0.3) is 0 Å². The van der Waals surface area contributed by atoms with Crippen molar-refractivity contribution in [2.24, 2.45) is 5.92 Å². The zero-order valence-corrected chi connectivity index (χ0v) is 7.42. The summed E-state index contributed by atoms with van der Waals surface area (Å²) in [5.74, 6) is 0.845. The third-order valence-electron chi connectivity index (χ3n) is 2.87. The molecule has 64 valence electrons. The van der Waals surface area contributed by atoms with Crippen LogP contribution in [0.2, 0.25) is 0 Å². The molecule has 0 N–H and O–H groups in total. The lowest BCUT2D eigenvalue weighted by Crippen LogP contribution is -2.28. The predicted molar refractivity (Wildman–Crippen MR) is 44.6 cm³/mol. The molecule has 0 aromatic rings. The molecule has 11 heavy (non-hydrogen) atoms. The molecule has 2 aliphatic heterocycles. The molecule has 2 heterocycles. The van der Waals surface area contributed by atoms with Gasteiger partial charge in [-0.2, -0.15) is 0 Å². The van der Waals surface area contributed by atoms with E-state index < -0.39 is 0 Å². The average molecular weight is 155 g/mol. The van der Waals surface area contributed by atoms with Crippen LogP contribution in [0.15, 0.2) is 0 Å². The Morgan fingerprint density at radius 3 is 2.64 bits per heavy atom. The first-order valence-electron chi connectivity index (χ1n) is 4.63. The van der Waals surface area contributed by atoms with Gasteiger partial charge in [0, 0.05) is 18.5 Å². The van der Waals surface area contributed by atoms with E-state index in [0.29, 0.717) is 6.10 Å². The zero-order valence-electron chi connectivity index (χ0n) is 7.42. The van der Waals surface area contributed by atoms with Crippen LogP contribution in [0.4, 0.5) is 0 Å². The van der Waals surface area contributed by atoms with E-state index in [1.165, 1.54) is 19.5 Å². The lowest BCUT2D eigenvalue weighted by Gasteiger charge is -2.19. The van der Waals surface area contributed by atoms with Gasteiger partial charge in [-0.3, -0.25) is 0 Å². The first kappa shape index (κ1) is 7.56. The van der Waals surface area contributed by atoms with Crippen LogP contribution < -0.4 is 0 Å². The van der Waals surface area contributed by atoms with Crippen molar-refractivity contribution in [3.05, 3.63) is 0 Å². The lowest BCUT2D eigenvalue weighted by atomic mass is 10.1. The maximum atomic E-state index is 5.29. The molecule has 0 radical (unpaired) electrons. The van der Waals surface area contributed by atoms with Crippen molar-refractivity contribution in [3.63, 3.8) is 0 Å². The van der Waals surface area contributed by atoms with Crippen molar-refractivity contribution in [3.8, 4) is 0 Å². The highest BCUT2D eigenvalue weighted by Gasteiger charge is 2.37. The van der Waals surface area contributed by atoms with Gasteiger partial charge in [-0.25, -0.2) is 0 Å². The SMILES string of the molecule is CC(C)N1CC[C@@H]([C@H]2CO2)C1. The highest BCUT2D eigenvalue weighted by atomic mass is 16.6. The van der Waals surface area contributed by atoms with E-state index in [1.54, 1.807) is 0 Å². The number of hydrogen-bond donors (Lipinski definition) is 0. The summed E-state index contributed by atoms with van der Waals surface area (Å²) in [7, 11) is 0. The molecule has 0 spiro atoms. The highest BCUT2D eigenvalue weighted by molar-refractivity contribution is 4.87. The summed E-state index contributed by atoms with van der Waals surface area (Å²) in [4.78, 5) is 2.55. The highest BCUT2D eigenvalue weighted by Crippen LogP contribution is 2.29. The minimum atomic E-state index is 0.624. The van der Waals surface area contributed by atoms with Crippen molar-refractivity contribution >= 4 is 0 Å². The van der Waals surface area contributed by atoms with E-state index >= 15 is 0 Å². The number of epoxide rings is 1. The summed E-state index contributed by atoms with van der Waals surface area (Å²) < 4.78 is 5.29. The molecule has 0 aromatic heterocycles. The van der Waals surface area contributed by atoms with Crippen molar-refractivity contribution in [1.82, 2.24) is 4.90 Å². The van der Waals surface area contributed by atoms with E-state index in [1.807, 2.05) is 0 Å². The minimum Gasteiger partial charge on any atom is -0.373 e. The fourth-order valence-electron chi connectivity index (χ4n) is 1.92. The van der Waals surface area contributed by atoms with E-state index in [9.17, 15) is 0 Å². The topological polar surface area (TPSA) is 15.8 Å². The molecule has 2 nitrogen and oxygen atoms in total. The van der Waals surface area contributed by atoms with Gasteiger partial charge in [0.2, 0.25) is 0 Å². The van der Waals surface area contributed by atoms with Gasteiger partial charge in [-0.1, -0.05) is 0 Å². The van der Waals surface area contributed by atoms with Crippen LogP contribution in [0.25, 0.3) is 0 Å². The molecule has 2 fully saturated rings. The van der Waals surface area contributed by atoms with Crippen LogP contribution in [-0.2, 0) is 4.74 Å². The van der Waals surface area contributed by atoms with Gasteiger partial charge in [0.1, 0.15) is 0 Å². The normalized spacial score (nSPS) is 38.5. The molecule has 2 heteroatoms. The maximum Gasteiger partial charge on any atom is 0.0850 e. The Hall–Kier alpha value is -0.0800. The predicted octanol–water partition coefficient (Wildman–Crippen LogP) is 1.12. The molecule has 0 aliphatic carbocycles. The molecule has 0 bridgehead atoms. The first-order chi connectivity index (χ1) is 5.27. The van der Waals surface area contributed by atoms with Gasteiger partial charge in [0.15, 0.2) is 0 Å². The van der Waals surface area contributed by atoms with E-state index in [2.05, 4.69) is 18.7 Å². The molecule has 0 unspecified atom stereocenters. The Bertz CT molecular complexity index is 134. The Balaban J connectivity index is 1.82. The van der Waals surface area contributed by atoms with Gasteiger partial charge < -0.3 is 9.64 Å². The number of rotatable bonds is 2. The third-order valence-corrected chi connectivity index (χ3v) is 2.87. The summed E-state index contributed by atoms with van der Waals surface area (Å²) in [6.07, 6.45) is 1.97. The summed E-state index contributed by atoms with van der Waals surface area (Å²) in [5, 5.41) is 0. The quantitative estimate of drug-likeness (QED) is 0.555. The standard InChI is InChI=1S/C9H17NO/c1-7(2)10-4-3-8(5-10)9-6-11-9/h7-9H,3-6H2,1-2H3/t8-,9-/m1/s1. The van der Waals surface area contributed by atoms with Crippen LogP contribution in [0.3, 0.4) is 0 Å². The number of nitrogens with zero attached hydrogens (tertiary/aromatic N) is 1. The molecular formula is C9H17NO. The van der Waals surface area contributed by atoms with Gasteiger partial charge >= 0.3 is 0 Å². The zero-order chi connectivity index (χ0) is 7.84. The fourth-order valence-corrected chi connectivity index (χ4v) is 1.92. The average Bonchev–Trinajstić information content (AvgIpc) is 2.68. The molecule has 0 aromatic carbocycles. The van der Waals surface area contributed by atoms with Crippen LogP contribution in [0, 0.1) is 5.92 Å². The third kappa shape index (κ3) is 1.57. The molecule has 0 saturated carbocycles. The van der Waals surface area contributed by atoms with Crippen LogP contribution >= 0.6 is 0 Å². The summed E-state index contributed by atoms with van der Waals surface area (Å²) >= 11 is 0. The largest absolute Gasteiger partial charge is 0.373 e. The second-order valence-corrected chi connectivity index (χ2v) is 4.01. The minimum absolute atomic E-state index is 0.624. The second kappa shape index (κ2) is 2.76. The van der Waals surface area contributed by atoms with Crippen molar-refractivity contribution < 1.29 is 4.74 Å². The van der Waals surface area contributed by atoms with Crippen LogP contribution in [-0.4, -0.2) is 36.7 Å². The smallest absolute Gasteiger partial charge is 0.0850 e. The van der Waals surface area contributed by atoms with Crippen molar-refractivity contribution in [2.75, 3.05) is 19.7 Å².